The summed E-state index contributed by atoms with van der Waals surface area (Å²) in [7, 11) is 0. The Morgan fingerprint density at radius 3 is 2.22 bits per heavy atom. The molecule has 0 bridgehead atoms. The Morgan fingerprint density at radius 1 is 1.06 bits per heavy atom. The first-order valence-corrected chi connectivity index (χ1v) is 6.66. The van der Waals surface area contributed by atoms with Gasteiger partial charge in [0.2, 0.25) is 0 Å². The van der Waals surface area contributed by atoms with Crippen LogP contribution < -0.4 is 0 Å². The Balaban J connectivity index is 2.33. The molecule has 0 fully saturated rings. The second kappa shape index (κ2) is 5.77. The lowest BCUT2D eigenvalue weighted by Gasteiger charge is -2.29. The number of hydrogen-bond donors (Lipinski definition) is 0. The summed E-state index contributed by atoms with van der Waals surface area (Å²) in [6.45, 7) is 0. The van der Waals surface area contributed by atoms with Gasteiger partial charge in [0.1, 0.15) is 5.82 Å². The van der Waals surface area contributed by atoms with Crippen LogP contribution in [0.15, 0.2) is 47.3 Å². The summed E-state index contributed by atoms with van der Waals surface area (Å²) in [6, 6.07) is 8.22. The summed E-state index contributed by atoms with van der Waals surface area (Å²) >= 11 is 12.2. The van der Waals surface area contributed by atoms with Gasteiger partial charge < -0.3 is 4.42 Å². The van der Waals surface area contributed by atoms with E-state index in [0.29, 0.717) is 18.2 Å². The third-order valence-electron chi connectivity index (χ3n) is 3.09. The summed E-state index contributed by atoms with van der Waals surface area (Å²) in [6.07, 6.45) is 3.97. The van der Waals surface area contributed by atoms with Gasteiger partial charge in [0.25, 0.3) is 0 Å². The number of hydrogen-bond acceptors (Lipinski definition) is 1. The van der Waals surface area contributed by atoms with E-state index >= 15 is 0 Å². The van der Waals surface area contributed by atoms with E-state index in [-0.39, 0.29) is 5.82 Å². The van der Waals surface area contributed by atoms with Gasteiger partial charge in [0, 0.05) is 17.2 Å². The first-order chi connectivity index (χ1) is 8.70. The zero-order valence-corrected chi connectivity index (χ0v) is 11.2. The number of furan rings is 1. The van der Waals surface area contributed by atoms with Gasteiger partial charge in [-0.2, -0.15) is 0 Å². The van der Waals surface area contributed by atoms with Gasteiger partial charge in [-0.05, 0) is 35.7 Å². The first kappa shape index (κ1) is 13.4. The van der Waals surface area contributed by atoms with Crippen molar-refractivity contribution in [2.24, 2.45) is 0 Å². The SMILES string of the molecule is Fc1ccc(C(CCl)(CCl)Cc2ccoc2)cc1. The molecule has 0 radical (unpaired) electrons. The molecule has 96 valence electrons. The molecule has 0 atom stereocenters. The van der Waals surface area contributed by atoms with Crippen LogP contribution in [-0.4, -0.2) is 11.8 Å². The van der Waals surface area contributed by atoms with Crippen molar-refractivity contribution in [1.29, 1.82) is 0 Å². The summed E-state index contributed by atoms with van der Waals surface area (Å²) in [4.78, 5) is 0. The van der Waals surface area contributed by atoms with Gasteiger partial charge >= 0.3 is 0 Å². The van der Waals surface area contributed by atoms with Gasteiger partial charge in [0.05, 0.1) is 12.5 Å². The van der Waals surface area contributed by atoms with E-state index < -0.39 is 5.41 Å². The standard InChI is InChI=1S/C14H13Cl2FO/c15-9-14(10-16,7-11-5-6-18-8-11)12-1-3-13(17)4-2-12/h1-6,8H,7,9-10H2. The van der Waals surface area contributed by atoms with Crippen molar-refractivity contribution in [1.82, 2.24) is 0 Å². The van der Waals surface area contributed by atoms with Crippen LogP contribution in [0.4, 0.5) is 4.39 Å². The molecule has 1 aromatic heterocycles. The van der Waals surface area contributed by atoms with E-state index in [9.17, 15) is 4.39 Å². The van der Waals surface area contributed by atoms with Crippen molar-refractivity contribution < 1.29 is 8.81 Å². The van der Waals surface area contributed by atoms with Gasteiger partial charge in [0.15, 0.2) is 0 Å². The summed E-state index contributed by atoms with van der Waals surface area (Å²) in [5, 5.41) is 0. The Bertz CT molecular complexity index is 475. The molecule has 0 saturated heterocycles. The monoisotopic (exact) mass is 286 g/mol. The van der Waals surface area contributed by atoms with Crippen molar-refractivity contribution in [3.05, 3.63) is 59.8 Å². The van der Waals surface area contributed by atoms with E-state index in [1.54, 1.807) is 24.7 Å². The zero-order valence-electron chi connectivity index (χ0n) is 9.70. The molecule has 4 heteroatoms. The molecule has 2 rings (SSSR count). The van der Waals surface area contributed by atoms with Gasteiger partial charge in [-0.25, -0.2) is 4.39 Å². The molecule has 0 amide bonds. The van der Waals surface area contributed by atoms with E-state index in [1.807, 2.05) is 6.07 Å². The predicted octanol–water partition coefficient (Wildman–Crippen LogP) is 4.38. The Hall–Kier alpha value is -0.990. The normalized spacial score (nSPS) is 11.7. The summed E-state index contributed by atoms with van der Waals surface area (Å²) < 4.78 is 18.0. The molecule has 18 heavy (non-hydrogen) atoms. The molecule has 0 spiro atoms. The predicted molar refractivity (Wildman–Crippen MR) is 71.9 cm³/mol. The number of rotatable bonds is 5. The van der Waals surface area contributed by atoms with Gasteiger partial charge in [-0.3, -0.25) is 0 Å². The van der Waals surface area contributed by atoms with Crippen molar-refractivity contribution in [3.8, 4) is 0 Å². The molecule has 0 saturated carbocycles. The third-order valence-corrected chi connectivity index (χ3v) is 4.11. The summed E-state index contributed by atoms with van der Waals surface area (Å²) in [5.41, 5.74) is 1.57. The van der Waals surface area contributed by atoms with Crippen LogP contribution in [-0.2, 0) is 11.8 Å². The highest BCUT2D eigenvalue weighted by Gasteiger charge is 2.31. The average molecular weight is 287 g/mol. The molecule has 2 aromatic rings. The van der Waals surface area contributed by atoms with Crippen molar-refractivity contribution >= 4 is 23.2 Å². The Morgan fingerprint density at radius 2 is 1.72 bits per heavy atom. The maximum Gasteiger partial charge on any atom is 0.123 e. The fraction of sp³-hybridized carbons (Fsp3) is 0.286. The minimum absolute atomic E-state index is 0.264. The number of benzene rings is 1. The van der Waals surface area contributed by atoms with Crippen LogP contribution >= 0.6 is 23.2 Å². The second-order valence-corrected chi connectivity index (χ2v) is 4.90. The second-order valence-electron chi connectivity index (χ2n) is 4.36. The van der Waals surface area contributed by atoms with Crippen molar-refractivity contribution in [2.45, 2.75) is 11.8 Å². The van der Waals surface area contributed by atoms with Crippen molar-refractivity contribution in [2.75, 3.05) is 11.8 Å². The van der Waals surface area contributed by atoms with Crippen LogP contribution in [0.25, 0.3) is 0 Å². The molecule has 0 aliphatic heterocycles. The lowest BCUT2D eigenvalue weighted by Crippen LogP contribution is -2.33. The minimum atomic E-state index is -0.402. The largest absolute Gasteiger partial charge is 0.472 e. The molecule has 1 heterocycles. The van der Waals surface area contributed by atoms with E-state index in [4.69, 9.17) is 27.6 Å². The molecule has 0 unspecified atom stereocenters. The Kier molecular flexibility index (Phi) is 4.31. The average Bonchev–Trinajstić information content (AvgIpc) is 2.90. The highest BCUT2D eigenvalue weighted by atomic mass is 35.5. The maximum atomic E-state index is 13.0. The van der Waals surface area contributed by atoms with Gasteiger partial charge in [-0.15, -0.1) is 23.2 Å². The van der Waals surface area contributed by atoms with Crippen LogP contribution in [0.5, 0.6) is 0 Å². The third kappa shape index (κ3) is 2.70. The molecular formula is C14H13Cl2FO. The van der Waals surface area contributed by atoms with Gasteiger partial charge in [-0.1, -0.05) is 12.1 Å². The molecule has 0 aliphatic carbocycles. The molecule has 0 aliphatic rings. The van der Waals surface area contributed by atoms with Crippen LogP contribution in [0.1, 0.15) is 11.1 Å². The lowest BCUT2D eigenvalue weighted by molar-refractivity contribution is 0.520. The smallest absolute Gasteiger partial charge is 0.123 e. The fourth-order valence-corrected chi connectivity index (χ4v) is 2.76. The highest BCUT2D eigenvalue weighted by Crippen LogP contribution is 2.32. The number of halogens is 3. The van der Waals surface area contributed by atoms with E-state index in [1.165, 1.54) is 12.1 Å². The molecular weight excluding hydrogens is 274 g/mol. The first-order valence-electron chi connectivity index (χ1n) is 5.59. The van der Waals surface area contributed by atoms with Crippen molar-refractivity contribution in [3.63, 3.8) is 0 Å². The van der Waals surface area contributed by atoms with E-state index in [2.05, 4.69) is 0 Å². The topological polar surface area (TPSA) is 13.1 Å². The fourth-order valence-electron chi connectivity index (χ4n) is 1.97. The highest BCUT2D eigenvalue weighted by molar-refractivity contribution is 6.22. The quantitative estimate of drug-likeness (QED) is 0.744. The van der Waals surface area contributed by atoms with Crippen LogP contribution in [0.2, 0.25) is 0 Å². The van der Waals surface area contributed by atoms with E-state index in [0.717, 1.165) is 11.1 Å². The molecule has 0 N–H and O–H groups in total. The molecule has 1 nitrogen and oxygen atoms in total. The Labute approximate surface area is 116 Å². The maximum absolute atomic E-state index is 13.0. The minimum Gasteiger partial charge on any atom is -0.472 e. The zero-order chi connectivity index (χ0) is 13.0. The van der Waals surface area contributed by atoms with Crippen LogP contribution in [0, 0.1) is 5.82 Å². The summed E-state index contributed by atoms with van der Waals surface area (Å²) in [5.74, 6) is 0.473. The number of alkyl halides is 2. The molecule has 1 aromatic carbocycles. The van der Waals surface area contributed by atoms with Crippen LogP contribution in [0.3, 0.4) is 0 Å². The lowest BCUT2D eigenvalue weighted by atomic mass is 9.79.